The van der Waals surface area contributed by atoms with E-state index in [2.05, 4.69) is 27.2 Å². The molecule has 0 atom stereocenters. The van der Waals surface area contributed by atoms with Crippen molar-refractivity contribution in [3.05, 3.63) is 40.5 Å². The van der Waals surface area contributed by atoms with Gasteiger partial charge in [-0.2, -0.15) is 0 Å². The van der Waals surface area contributed by atoms with E-state index in [0.717, 1.165) is 41.3 Å². The average Bonchev–Trinajstić information content (AvgIpc) is 2.96. The summed E-state index contributed by atoms with van der Waals surface area (Å²) in [5, 5.41) is 3.37. The molecule has 3 heterocycles. The molecule has 0 spiro atoms. The predicted molar refractivity (Wildman–Crippen MR) is 99.3 cm³/mol. The van der Waals surface area contributed by atoms with Gasteiger partial charge in [0, 0.05) is 30.4 Å². The Morgan fingerprint density at radius 2 is 2.08 bits per heavy atom. The fourth-order valence-corrected chi connectivity index (χ4v) is 3.14. The average molecular weight is 355 g/mol. The first-order valence-electron chi connectivity index (χ1n) is 8.99. The molecule has 0 fully saturated rings. The Labute approximate surface area is 153 Å². The molecule has 0 radical (unpaired) electrons. The third-order valence-corrected chi connectivity index (χ3v) is 4.52. The van der Waals surface area contributed by atoms with Gasteiger partial charge in [0.25, 0.3) is 5.91 Å². The van der Waals surface area contributed by atoms with Crippen LogP contribution in [0.15, 0.2) is 12.3 Å². The smallest absolute Gasteiger partial charge is 0.256 e. The fourth-order valence-electron chi connectivity index (χ4n) is 3.14. The monoisotopic (exact) mass is 355 g/mol. The van der Waals surface area contributed by atoms with E-state index in [1.807, 2.05) is 26.1 Å². The number of hydrogen-bond acceptors (Lipinski definition) is 6. The molecule has 1 aliphatic heterocycles. The maximum absolute atomic E-state index is 12.4. The molecular weight excluding hydrogens is 330 g/mol. The molecule has 0 aliphatic carbocycles. The number of aromatic nitrogens is 3. The van der Waals surface area contributed by atoms with Crippen molar-refractivity contribution in [3.8, 4) is 5.88 Å². The van der Waals surface area contributed by atoms with Crippen molar-refractivity contribution >= 4 is 11.7 Å². The Bertz CT molecular complexity index is 822. The van der Waals surface area contributed by atoms with E-state index in [9.17, 15) is 4.79 Å². The van der Waals surface area contributed by atoms with E-state index in [4.69, 9.17) is 4.74 Å². The van der Waals surface area contributed by atoms with Crippen LogP contribution in [0.5, 0.6) is 5.88 Å². The molecule has 7 heteroatoms. The fraction of sp³-hybridized carbons (Fsp3) is 0.474. The summed E-state index contributed by atoms with van der Waals surface area (Å²) in [6.07, 6.45) is 3.80. The highest BCUT2D eigenvalue weighted by atomic mass is 16.5. The van der Waals surface area contributed by atoms with Gasteiger partial charge < -0.3 is 15.0 Å². The number of amides is 1. The van der Waals surface area contributed by atoms with E-state index in [1.54, 1.807) is 12.0 Å². The highest BCUT2D eigenvalue weighted by Crippen LogP contribution is 2.27. The van der Waals surface area contributed by atoms with Crippen molar-refractivity contribution in [2.45, 2.75) is 46.7 Å². The van der Waals surface area contributed by atoms with E-state index < -0.39 is 0 Å². The highest BCUT2D eigenvalue weighted by Gasteiger charge is 2.29. The molecule has 0 unspecified atom stereocenters. The largest absolute Gasteiger partial charge is 0.481 e. The maximum Gasteiger partial charge on any atom is 0.256 e. The number of hydrogen-bond donors (Lipinski definition) is 1. The van der Waals surface area contributed by atoms with E-state index in [0.29, 0.717) is 31.1 Å². The lowest BCUT2D eigenvalue weighted by Gasteiger charge is -2.13. The summed E-state index contributed by atoms with van der Waals surface area (Å²) in [5.74, 6) is 2.12. The topological polar surface area (TPSA) is 80.2 Å². The Morgan fingerprint density at radius 1 is 1.27 bits per heavy atom. The lowest BCUT2D eigenvalue weighted by atomic mass is 10.1. The van der Waals surface area contributed by atoms with Gasteiger partial charge in [-0.15, -0.1) is 0 Å². The van der Waals surface area contributed by atoms with Crippen LogP contribution in [-0.2, 0) is 19.5 Å². The lowest BCUT2D eigenvalue weighted by molar-refractivity contribution is 0.0786. The standard InChI is InChI=1S/C19H25N5O2/c1-5-7-13-9-20-12(3)22-17(13)21-10-14-8-15-16(23-18(14)26-4)11-24(6-2)19(15)25/h8-9H,5-7,10-11H2,1-4H3,(H,20,21,22). The van der Waals surface area contributed by atoms with Crippen LogP contribution in [0.1, 0.15) is 53.3 Å². The summed E-state index contributed by atoms with van der Waals surface area (Å²) in [6.45, 7) is 7.66. The number of anilines is 1. The number of carbonyl (C=O) groups excluding carboxylic acids is 1. The minimum absolute atomic E-state index is 0.0310. The van der Waals surface area contributed by atoms with Crippen LogP contribution >= 0.6 is 0 Å². The van der Waals surface area contributed by atoms with Gasteiger partial charge in [-0.3, -0.25) is 4.79 Å². The van der Waals surface area contributed by atoms with Gasteiger partial charge in [-0.05, 0) is 26.3 Å². The van der Waals surface area contributed by atoms with Crippen molar-refractivity contribution in [1.29, 1.82) is 0 Å². The number of fused-ring (bicyclic) bond motifs is 1. The number of methoxy groups -OCH3 is 1. The second-order valence-corrected chi connectivity index (χ2v) is 6.36. The second-order valence-electron chi connectivity index (χ2n) is 6.36. The van der Waals surface area contributed by atoms with Gasteiger partial charge >= 0.3 is 0 Å². The highest BCUT2D eigenvalue weighted by molar-refractivity contribution is 5.98. The quantitative estimate of drug-likeness (QED) is 0.822. The van der Waals surface area contributed by atoms with Gasteiger partial charge in [0.2, 0.25) is 5.88 Å². The van der Waals surface area contributed by atoms with Gasteiger partial charge in [0.15, 0.2) is 0 Å². The van der Waals surface area contributed by atoms with Crippen LogP contribution in [0.2, 0.25) is 0 Å². The number of aryl methyl sites for hydroxylation is 2. The molecule has 0 aromatic carbocycles. The SMILES string of the molecule is CCCc1cnc(C)nc1NCc1cc2c(nc1OC)CN(CC)C2=O. The summed E-state index contributed by atoms with van der Waals surface area (Å²) in [6, 6.07) is 1.89. The van der Waals surface area contributed by atoms with Crippen LogP contribution < -0.4 is 10.1 Å². The van der Waals surface area contributed by atoms with E-state index in [-0.39, 0.29) is 5.91 Å². The molecule has 1 N–H and O–H groups in total. The number of pyridine rings is 1. The zero-order valence-corrected chi connectivity index (χ0v) is 15.8. The summed E-state index contributed by atoms with van der Waals surface area (Å²) >= 11 is 0. The summed E-state index contributed by atoms with van der Waals surface area (Å²) in [7, 11) is 1.60. The van der Waals surface area contributed by atoms with Gasteiger partial charge in [-0.1, -0.05) is 13.3 Å². The number of nitrogens with zero attached hydrogens (tertiary/aromatic N) is 4. The lowest BCUT2D eigenvalue weighted by Crippen LogP contribution is -2.23. The van der Waals surface area contributed by atoms with Gasteiger partial charge in [-0.25, -0.2) is 15.0 Å². The van der Waals surface area contributed by atoms with Crippen molar-refractivity contribution < 1.29 is 9.53 Å². The van der Waals surface area contributed by atoms with Crippen LogP contribution in [0.25, 0.3) is 0 Å². The number of ether oxygens (including phenoxy) is 1. The minimum Gasteiger partial charge on any atom is -0.481 e. The molecule has 26 heavy (non-hydrogen) atoms. The van der Waals surface area contributed by atoms with Crippen LogP contribution in [0.4, 0.5) is 5.82 Å². The molecule has 138 valence electrons. The van der Waals surface area contributed by atoms with E-state index in [1.165, 1.54) is 0 Å². The first-order chi connectivity index (χ1) is 12.6. The Kier molecular flexibility index (Phi) is 5.35. The molecule has 1 aliphatic rings. The predicted octanol–water partition coefficient (Wildman–Crippen LogP) is 2.73. The van der Waals surface area contributed by atoms with Crippen molar-refractivity contribution in [3.63, 3.8) is 0 Å². The van der Waals surface area contributed by atoms with Crippen molar-refractivity contribution in [2.24, 2.45) is 0 Å². The Hall–Kier alpha value is -2.70. The molecular formula is C19H25N5O2. The Morgan fingerprint density at radius 3 is 2.77 bits per heavy atom. The normalized spacial score (nSPS) is 13.1. The van der Waals surface area contributed by atoms with E-state index >= 15 is 0 Å². The van der Waals surface area contributed by atoms with Crippen molar-refractivity contribution in [1.82, 2.24) is 19.9 Å². The molecule has 2 aromatic heterocycles. The molecule has 1 amide bonds. The first-order valence-corrected chi connectivity index (χ1v) is 8.99. The second kappa shape index (κ2) is 7.68. The zero-order valence-electron chi connectivity index (χ0n) is 15.8. The summed E-state index contributed by atoms with van der Waals surface area (Å²) in [5.41, 5.74) is 3.37. The third kappa shape index (κ3) is 3.47. The first kappa shape index (κ1) is 18.1. The van der Waals surface area contributed by atoms with Crippen LogP contribution in [-0.4, -0.2) is 39.4 Å². The summed E-state index contributed by atoms with van der Waals surface area (Å²) < 4.78 is 5.45. The maximum atomic E-state index is 12.4. The van der Waals surface area contributed by atoms with Crippen LogP contribution in [0, 0.1) is 6.92 Å². The molecule has 0 saturated carbocycles. The number of nitrogens with one attached hydrogen (secondary N) is 1. The molecule has 3 rings (SSSR count). The van der Waals surface area contributed by atoms with Gasteiger partial charge in [0.1, 0.15) is 11.6 Å². The van der Waals surface area contributed by atoms with Gasteiger partial charge in [0.05, 0.1) is 24.9 Å². The summed E-state index contributed by atoms with van der Waals surface area (Å²) in [4.78, 5) is 27.6. The third-order valence-electron chi connectivity index (χ3n) is 4.52. The van der Waals surface area contributed by atoms with Crippen molar-refractivity contribution in [2.75, 3.05) is 19.0 Å². The molecule has 7 nitrogen and oxygen atoms in total. The molecule has 0 saturated heterocycles. The molecule has 2 aromatic rings. The Balaban J connectivity index is 1.86. The molecule has 0 bridgehead atoms. The minimum atomic E-state index is 0.0310. The zero-order chi connectivity index (χ0) is 18.7. The van der Waals surface area contributed by atoms with Crippen LogP contribution in [0.3, 0.4) is 0 Å². The number of carbonyl (C=O) groups is 1. The number of rotatable bonds is 7.